The second-order valence-corrected chi connectivity index (χ2v) is 5.40. The molecule has 0 N–H and O–H groups in total. The highest BCUT2D eigenvalue weighted by molar-refractivity contribution is 7.90. The maximum Gasteiger partial charge on any atom is 0.248 e. The number of nitrogens with zero attached hydrogens (tertiary/aromatic N) is 4. The van der Waals surface area contributed by atoms with Crippen LogP contribution in [0.15, 0.2) is 21.8 Å². The standard InChI is InChI=1S/C8H10N4O3S/c1-6-10-8(15-11-6)5-12-4-7(3-9-12)16(2,13)14/h3-4H,5H2,1-2H3. The van der Waals surface area contributed by atoms with Crippen LogP contribution in [0.2, 0.25) is 0 Å². The Kier molecular flexibility index (Phi) is 2.50. The molecule has 0 aliphatic rings. The van der Waals surface area contributed by atoms with Crippen molar-refractivity contribution in [2.24, 2.45) is 0 Å². The topological polar surface area (TPSA) is 90.9 Å². The van der Waals surface area contributed by atoms with Crippen LogP contribution in [0.3, 0.4) is 0 Å². The van der Waals surface area contributed by atoms with E-state index in [9.17, 15) is 8.42 Å². The fraction of sp³-hybridized carbons (Fsp3) is 0.375. The van der Waals surface area contributed by atoms with Gasteiger partial charge in [-0.1, -0.05) is 5.16 Å². The highest BCUT2D eigenvalue weighted by atomic mass is 32.2. The Morgan fingerprint density at radius 1 is 1.50 bits per heavy atom. The summed E-state index contributed by atoms with van der Waals surface area (Å²) in [6.45, 7) is 1.97. The lowest BCUT2D eigenvalue weighted by atomic mass is 10.6. The van der Waals surface area contributed by atoms with Gasteiger partial charge in [-0.2, -0.15) is 10.1 Å². The summed E-state index contributed by atoms with van der Waals surface area (Å²) in [5, 5.41) is 7.52. The Morgan fingerprint density at radius 3 is 2.75 bits per heavy atom. The molecule has 7 nitrogen and oxygen atoms in total. The van der Waals surface area contributed by atoms with E-state index < -0.39 is 9.84 Å². The van der Waals surface area contributed by atoms with E-state index in [-0.39, 0.29) is 11.4 Å². The summed E-state index contributed by atoms with van der Waals surface area (Å²) in [5.41, 5.74) is 0. The zero-order valence-corrected chi connectivity index (χ0v) is 9.60. The first-order valence-corrected chi connectivity index (χ1v) is 6.36. The molecule has 0 amide bonds. The van der Waals surface area contributed by atoms with Crippen LogP contribution >= 0.6 is 0 Å². The van der Waals surface area contributed by atoms with Crippen LogP contribution in [0.4, 0.5) is 0 Å². The van der Waals surface area contributed by atoms with Crippen molar-refractivity contribution in [2.75, 3.05) is 6.26 Å². The van der Waals surface area contributed by atoms with Gasteiger partial charge in [-0.05, 0) is 6.92 Å². The van der Waals surface area contributed by atoms with Crippen molar-refractivity contribution in [1.82, 2.24) is 19.9 Å². The van der Waals surface area contributed by atoms with Crippen LogP contribution < -0.4 is 0 Å². The molecule has 0 saturated carbocycles. The molecule has 0 bridgehead atoms. The van der Waals surface area contributed by atoms with E-state index in [1.54, 1.807) is 6.92 Å². The van der Waals surface area contributed by atoms with Crippen LogP contribution in [-0.4, -0.2) is 34.6 Å². The quantitative estimate of drug-likeness (QED) is 0.754. The van der Waals surface area contributed by atoms with Gasteiger partial charge in [-0.15, -0.1) is 0 Å². The molecule has 2 aromatic heterocycles. The third kappa shape index (κ3) is 2.27. The predicted octanol–water partition coefficient (Wildman–Crippen LogP) is 0.0263. The first kappa shape index (κ1) is 10.8. The molecule has 2 aromatic rings. The normalized spacial score (nSPS) is 11.9. The maximum absolute atomic E-state index is 11.2. The SMILES string of the molecule is Cc1noc(Cn2cc(S(C)(=O)=O)cn2)n1. The summed E-state index contributed by atoms with van der Waals surface area (Å²) in [4.78, 5) is 4.16. The molecule has 8 heteroatoms. The number of aromatic nitrogens is 4. The molecule has 0 fully saturated rings. The molecule has 0 aromatic carbocycles. The van der Waals surface area contributed by atoms with Crippen LogP contribution in [0.25, 0.3) is 0 Å². The number of hydrogen-bond donors (Lipinski definition) is 0. The van der Waals surface area contributed by atoms with Crippen molar-refractivity contribution in [3.8, 4) is 0 Å². The number of sulfone groups is 1. The van der Waals surface area contributed by atoms with Crippen molar-refractivity contribution in [2.45, 2.75) is 18.4 Å². The molecule has 0 unspecified atom stereocenters. The van der Waals surface area contributed by atoms with Crippen LogP contribution in [0.5, 0.6) is 0 Å². The minimum Gasteiger partial charge on any atom is -0.337 e. The van der Waals surface area contributed by atoms with Crippen molar-refractivity contribution in [3.63, 3.8) is 0 Å². The Balaban J connectivity index is 2.21. The van der Waals surface area contributed by atoms with Crippen molar-refractivity contribution >= 4 is 9.84 Å². The third-order valence-electron chi connectivity index (χ3n) is 1.90. The number of hydrogen-bond acceptors (Lipinski definition) is 6. The zero-order valence-electron chi connectivity index (χ0n) is 8.78. The second kappa shape index (κ2) is 3.71. The minimum absolute atomic E-state index is 0.170. The van der Waals surface area contributed by atoms with Gasteiger partial charge in [0.25, 0.3) is 0 Å². The highest BCUT2D eigenvalue weighted by Gasteiger charge is 2.11. The van der Waals surface area contributed by atoms with E-state index >= 15 is 0 Å². The largest absolute Gasteiger partial charge is 0.337 e. The fourth-order valence-corrected chi connectivity index (χ4v) is 1.72. The van der Waals surface area contributed by atoms with Gasteiger partial charge in [0.2, 0.25) is 5.89 Å². The van der Waals surface area contributed by atoms with E-state index in [0.29, 0.717) is 11.7 Å². The van der Waals surface area contributed by atoms with Gasteiger partial charge in [0, 0.05) is 12.5 Å². The molecular formula is C8H10N4O3S. The van der Waals surface area contributed by atoms with Gasteiger partial charge in [0.15, 0.2) is 15.7 Å². The highest BCUT2D eigenvalue weighted by Crippen LogP contribution is 2.07. The summed E-state index contributed by atoms with van der Waals surface area (Å²) in [6.07, 6.45) is 3.85. The average molecular weight is 242 g/mol. The van der Waals surface area contributed by atoms with Gasteiger partial charge in [0.1, 0.15) is 11.4 Å². The predicted molar refractivity (Wildman–Crippen MR) is 53.5 cm³/mol. The molecular weight excluding hydrogens is 232 g/mol. The molecule has 0 spiro atoms. The minimum atomic E-state index is -3.22. The number of aryl methyl sites for hydroxylation is 1. The molecule has 0 aliphatic heterocycles. The van der Waals surface area contributed by atoms with Crippen molar-refractivity contribution in [3.05, 3.63) is 24.1 Å². The van der Waals surface area contributed by atoms with E-state index in [2.05, 4.69) is 15.2 Å². The van der Waals surface area contributed by atoms with E-state index in [1.165, 1.54) is 17.1 Å². The zero-order chi connectivity index (χ0) is 11.8. The van der Waals surface area contributed by atoms with E-state index in [1.807, 2.05) is 0 Å². The lowest BCUT2D eigenvalue weighted by Crippen LogP contribution is -2.00. The van der Waals surface area contributed by atoms with Crippen molar-refractivity contribution in [1.29, 1.82) is 0 Å². The Morgan fingerprint density at radius 2 is 2.25 bits per heavy atom. The average Bonchev–Trinajstić information content (AvgIpc) is 2.74. The first-order chi connectivity index (χ1) is 7.45. The van der Waals surface area contributed by atoms with Gasteiger partial charge in [-0.3, -0.25) is 4.68 Å². The number of rotatable bonds is 3. The molecule has 2 rings (SSSR count). The first-order valence-electron chi connectivity index (χ1n) is 4.47. The lowest BCUT2D eigenvalue weighted by Gasteiger charge is -1.93. The Bertz CT molecular complexity index is 598. The summed E-state index contributed by atoms with van der Waals surface area (Å²) >= 11 is 0. The molecule has 16 heavy (non-hydrogen) atoms. The summed E-state index contributed by atoms with van der Waals surface area (Å²) < 4.78 is 28.7. The summed E-state index contributed by atoms with van der Waals surface area (Å²) in [5.74, 6) is 0.922. The molecule has 2 heterocycles. The third-order valence-corrected chi connectivity index (χ3v) is 2.97. The Hall–Kier alpha value is -1.70. The van der Waals surface area contributed by atoms with Gasteiger partial charge < -0.3 is 4.52 Å². The van der Waals surface area contributed by atoms with E-state index in [4.69, 9.17) is 4.52 Å². The van der Waals surface area contributed by atoms with Crippen LogP contribution in [0.1, 0.15) is 11.7 Å². The monoisotopic (exact) mass is 242 g/mol. The maximum atomic E-state index is 11.2. The van der Waals surface area contributed by atoms with Crippen LogP contribution in [0, 0.1) is 6.92 Å². The molecule has 0 saturated heterocycles. The second-order valence-electron chi connectivity index (χ2n) is 3.38. The van der Waals surface area contributed by atoms with Gasteiger partial charge in [-0.25, -0.2) is 8.42 Å². The van der Waals surface area contributed by atoms with Crippen molar-refractivity contribution < 1.29 is 12.9 Å². The molecule has 0 radical (unpaired) electrons. The van der Waals surface area contributed by atoms with Crippen LogP contribution in [-0.2, 0) is 16.4 Å². The molecule has 0 aliphatic carbocycles. The van der Waals surface area contributed by atoms with Gasteiger partial charge in [0.05, 0.1) is 6.20 Å². The molecule has 0 atom stereocenters. The smallest absolute Gasteiger partial charge is 0.248 e. The fourth-order valence-electron chi connectivity index (χ4n) is 1.17. The summed E-state index contributed by atoms with van der Waals surface area (Å²) in [6, 6.07) is 0. The van der Waals surface area contributed by atoms with E-state index in [0.717, 1.165) is 6.26 Å². The Labute approximate surface area is 92.0 Å². The summed E-state index contributed by atoms with van der Waals surface area (Å²) in [7, 11) is -3.22. The lowest BCUT2D eigenvalue weighted by molar-refractivity contribution is 0.362. The van der Waals surface area contributed by atoms with Gasteiger partial charge >= 0.3 is 0 Å². The molecule has 86 valence electrons.